The van der Waals surface area contributed by atoms with E-state index in [0.717, 1.165) is 11.3 Å². The molecule has 23 heavy (non-hydrogen) atoms. The highest BCUT2D eigenvalue weighted by atomic mass is 32.1. The molecular weight excluding hydrogens is 324 g/mol. The molecule has 0 spiro atoms. The summed E-state index contributed by atoms with van der Waals surface area (Å²) in [6.45, 7) is 1.16. The number of β-lactam (4-membered cyclic amide) rings is 1. The van der Waals surface area contributed by atoms with Crippen LogP contribution in [0.25, 0.3) is 0 Å². The first-order chi connectivity index (χ1) is 10.8. The predicted molar refractivity (Wildman–Crippen MR) is 82.0 cm³/mol. The molecule has 1 aliphatic heterocycles. The average molecular weight is 340 g/mol. The number of likely N-dealkylation sites (tertiary alicyclic amines) is 1. The number of anilines is 1. The lowest BCUT2D eigenvalue weighted by Gasteiger charge is -2.42. The van der Waals surface area contributed by atoms with Gasteiger partial charge in [0, 0.05) is 24.9 Å². The van der Waals surface area contributed by atoms with E-state index in [-0.39, 0.29) is 34.9 Å². The largest absolute Gasteiger partial charge is 0.479 e. The Balaban J connectivity index is 2.14. The zero-order valence-electron chi connectivity index (χ0n) is 12.6. The molecule has 0 aromatic carbocycles. The smallest absolute Gasteiger partial charge is 0.344 e. The predicted octanol–water partition coefficient (Wildman–Crippen LogP) is -0.0335. The molecule has 1 amide bonds. The zero-order chi connectivity index (χ0) is 17.1. The minimum Gasteiger partial charge on any atom is -0.479 e. The fraction of sp³-hybridized carbons (Fsp3) is 0.462. The van der Waals surface area contributed by atoms with Crippen molar-refractivity contribution in [3.63, 3.8) is 0 Å². The maximum atomic E-state index is 12.4. The van der Waals surface area contributed by atoms with Crippen molar-refractivity contribution in [1.82, 2.24) is 9.88 Å². The van der Waals surface area contributed by atoms with Crippen molar-refractivity contribution in [2.75, 3.05) is 19.4 Å². The van der Waals surface area contributed by atoms with Crippen LogP contribution in [0.1, 0.15) is 19.0 Å². The third-order valence-electron chi connectivity index (χ3n) is 3.64. The van der Waals surface area contributed by atoms with Crippen LogP contribution in [0.4, 0.5) is 5.13 Å². The Hall–Kier alpha value is -2.49. The minimum absolute atomic E-state index is 0.0446. The number of rotatable bonds is 7. The summed E-state index contributed by atoms with van der Waals surface area (Å²) < 4.78 is 0. The third-order valence-corrected chi connectivity index (χ3v) is 4.31. The van der Waals surface area contributed by atoms with Crippen molar-refractivity contribution in [3.8, 4) is 0 Å². The lowest BCUT2D eigenvalue weighted by Crippen LogP contribution is -2.58. The number of aliphatic carboxylic acids is 1. The van der Waals surface area contributed by atoms with Crippen molar-refractivity contribution in [2.24, 2.45) is 11.1 Å². The van der Waals surface area contributed by atoms with Crippen LogP contribution in [0, 0.1) is 5.92 Å². The Morgan fingerprint density at radius 3 is 2.78 bits per heavy atom. The van der Waals surface area contributed by atoms with E-state index in [0.29, 0.717) is 0 Å². The Bertz CT molecular complexity index is 671. The van der Waals surface area contributed by atoms with Crippen molar-refractivity contribution in [2.45, 2.75) is 19.4 Å². The maximum absolute atomic E-state index is 12.4. The van der Waals surface area contributed by atoms with Crippen LogP contribution >= 0.6 is 11.3 Å². The minimum atomic E-state index is -1.22. The Kier molecular flexibility index (Phi) is 4.94. The molecular formula is C13H16N4O5S. The number of carboxylic acid groups (broad SMARTS) is 1. The summed E-state index contributed by atoms with van der Waals surface area (Å²) in [4.78, 5) is 44.8. The van der Waals surface area contributed by atoms with Gasteiger partial charge in [0.25, 0.3) is 0 Å². The van der Waals surface area contributed by atoms with Crippen LogP contribution in [-0.2, 0) is 19.2 Å². The fourth-order valence-electron chi connectivity index (χ4n) is 2.20. The zero-order valence-corrected chi connectivity index (χ0v) is 13.4. The standard InChI is InChI=1S/C13H16N4O5S/c1-6-7(12(21)17(6)2)3-9(18)11(16-22-4-10(19)20)8-5-23-13(14)15-8/h5-7H,3-4H2,1-2H3,(H2,14,15)(H,19,20)/b16-11-/t6?,7-/m0/s1. The molecule has 1 saturated heterocycles. The number of amides is 1. The monoisotopic (exact) mass is 340 g/mol. The highest BCUT2D eigenvalue weighted by Gasteiger charge is 2.43. The number of ketones is 1. The summed E-state index contributed by atoms with van der Waals surface area (Å²) in [7, 11) is 1.67. The molecule has 9 nitrogen and oxygen atoms in total. The molecule has 1 fully saturated rings. The van der Waals surface area contributed by atoms with Crippen molar-refractivity contribution in [3.05, 3.63) is 11.1 Å². The van der Waals surface area contributed by atoms with E-state index in [9.17, 15) is 14.4 Å². The molecule has 124 valence electrons. The summed E-state index contributed by atoms with van der Waals surface area (Å²) in [5.74, 6) is -2.20. The molecule has 10 heteroatoms. The maximum Gasteiger partial charge on any atom is 0.344 e. The lowest BCUT2D eigenvalue weighted by molar-refractivity contribution is -0.153. The highest BCUT2D eigenvalue weighted by Crippen LogP contribution is 2.28. The van der Waals surface area contributed by atoms with E-state index in [1.54, 1.807) is 11.9 Å². The molecule has 1 aliphatic rings. The molecule has 1 aromatic heterocycles. The van der Waals surface area contributed by atoms with Gasteiger partial charge in [-0.25, -0.2) is 9.78 Å². The number of hydrogen-bond donors (Lipinski definition) is 2. The van der Waals surface area contributed by atoms with Crippen LogP contribution in [0.15, 0.2) is 10.5 Å². The van der Waals surface area contributed by atoms with Crippen LogP contribution in [0.5, 0.6) is 0 Å². The number of nitrogens with zero attached hydrogens (tertiary/aromatic N) is 3. The van der Waals surface area contributed by atoms with Gasteiger partial charge in [-0.05, 0) is 6.92 Å². The van der Waals surface area contributed by atoms with E-state index in [4.69, 9.17) is 10.8 Å². The lowest BCUT2D eigenvalue weighted by atomic mass is 9.84. The van der Waals surface area contributed by atoms with Gasteiger partial charge in [0.1, 0.15) is 5.69 Å². The quantitative estimate of drug-likeness (QED) is 0.404. The SMILES string of the molecule is CC1[C@H](CC(=O)/C(=N\OCC(=O)O)c2csc(N)n2)C(=O)N1C. The molecule has 2 atom stereocenters. The first kappa shape index (κ1) is 16.9. The van der Waals surface area contributed by atoms with Gasteiger partial charge in [0.05, 0.1) is 5.92 Å². The van der Waals surface area contributed by atoms with Gasteiger partial charge in [-0.1, -0.05) is 5.16 Å². The molecule has 3 N–H and O–H groups in total. The molecule has 0 radical (unpaired) electrons. The number of carbonyl (C=O) groups excluding carboxylic acids is 2. The number of aromatic nitrogens is 1. The van der Waals surface area contributed by atoms with Crippen molar-refractivity contribution < 1.29 is 24.3 Å². The number of oxime groups is 1. The second kappa shape index (κ2) is 6.73. The molecule has 1 aromatic rings. The van der Waals surface area contributed by atoms with Crippen LogP contribution in [0.3, 0.4) is 0 Å². The number of thiazole rings is 1. The Morgan fingerprint density at radius 1 is 1.57 bits per heavy atom. The molecule has 0 aliphatic carbocycles. The van der Waals surface area contributed by atoms with E-state index >= 15 is 0 Å². The third kappa shape index (κ3) is 3.65. The van der Waals surface area contributed by atoms with Crippen molar-refractivity contribution >= 4 is 39.8 Å². The molecule has 0 saturated carbocycles. The topological polar surface area (TPSA) is 135 Å². The second-order valence-corrected chi connectivity index (χ2v) is 5.99. The Morgan fingerprint density at radius 2 is 2.26 bits per heavy atom. The summed E-state index contributed by atoms with van der Waals surface area (Å²) in [5.41, 5.74) is 5.61. The van der Waals surface area contributed by atoms with Gasteiger partial charge in [-0.15, -0.1) is 11.3 Å². The summed E-state index contributed by atoms with van der Waals surface area (Å²) >= 11 is 1.12. The number of nitrogens with two attached hydrogens (primary N) is 1. The number of hydrogen-bond acceptors (Lipinski definition) is 8. The number of nitrogen functional groups attached to an aromatic ring is 1. The van der Waals surface area contributed by atoms with Crippen molar-refractivity contribution in [1.29, 1.82) is 0 Å². The highest BCUT2D eigenvalue weighted by molar-refractivity contribution is 7.13. The average Bonchev–Trinajstić information content (AvgIpc) is 2.93. The number of Topliss-reactive ketones (excluding diaryl/α,β-unsaturated/α-hetero) is 1. The molecule has 2 heterocycles. The number of carboxylic acids is 1. The molecule has 1 unspecified atom stereocenters. The normalized spacial score (nSPS) is 21.0. The fourth-order valence-corrected chi connectivity index (χ4v) is 2.75. The Labute approximate surface area is 135 Å². The van der Waals surface area contributed by atoms with Gasteiger partial charge >= 0.3 is 5.97 Å². The van der Waals surface area contributed by atoms with Gasteiger partial charge in [-0.2, -0.15) is 0 Å². The summed E-state index contributed by atoms with van der Waals surface area (Å²) in [6.07, 6.45) is -0.0446. The van der Waals surface area contributed by atoms with E-state index < -0.39 is 24.3 Å². The van der Waals surface area contributed by atoms with Crippen LogP contribution in [0.2, 0.25) is 0 Å². The second-order valence-electron chi connectivity index (χ2n) is 5.10. The van der Waals surface area contributed by atoms with Crippen LogP contribution in [-0.4, -0.2) is 58.1 Å². The van der Waals surface area contributed by atoms with Gasteiger partial charge in [0.15, 0.2) is 16.6 Å². The van der Waals surface area contributed by atoms with Gasteiger partial charge in [-0.3, -0.25) is 9.59 Å². The first-order valence-corrected chi connectivity index (χ1v) is 7.62. The van der Waals surface area contributed by atoms with Gasteiger partial charge in [0.2, 0.25) is 12.5 Å². The number of carbonyl (C=O) groups is 3. The summed E-state index contributed by atoms with van der Waals surface area (Å²) in [6, 6.07) is -0.0480. The van der Waals surface area contributed by atoms with E-state index in [2.05, 4.69) is 15.0 Å². The molecule has 0 bridgehead atoms. The van der Waals surface area contributed by atoms with Gasteiger partial charge < -0.3 is 20.6 Å². The van der Waals surface area contributed by atoms with Crippen LogP contribution < -0.4 is 5.73 Å². The van der Waals surface area contributed by atoms with E-state index in [1.165, 1.54) is 5.38 Å². The summed E-state index contributed by atoms with van der Waals surface area (Å²) in [5, 5.41) is 13.9. The van der Waals surface area contributed by atoms with E-state index in [1.807, 2.05) is 6.92 Å². The first-order valence-electron chi connectivity index (χ1n) is 6.74. The molecule has 2 rings (SSSR count).